The number of H-pyrrole nitrogens is 1. The first kappa shape index (κ1) is 33.2. The number of carbonyl (C=O) groups excluding carboxylic acids is 3. The van der Waals surface area contributed by atoms with E-state index in [1.165, 1.54) is 12.1 Å². The summed E-state index contributed by atoms with van der Waals surface area (Å²) < 4.78 is 36.4. The number of rotatable bonds is 3. The first-order chi connectivity index (χ1) is 18.7. The maximum Gasteiger partial charge on any atom is 0.435 e. The Kier molecular flexibility index (Phi) is 10.6. The van der Waals surface area contributed by atoms with Crippen LogP contribution in [0.4, 0.5) is 15.4 Å². The van der Waals surface area contributed by atoms with Gasteiger partial charge in [0.05, 0.1) is 11.0 Å². The van der Waals surface area contributed by atoms with Crippen molar-refractivity contribution in [2.24, 2.45) is 0 Å². The highest BCUT2D eigenvalue weighted by Crippen LogP contribution is 2.22. The minimum Gasteiger partial charge on any atom is -0.768 e. The van der Waals surface area contributed by atoms with Crippen LogP contribution in [0.1, 0.15) is 72.8 Å². The maximum atomic E-state index is 12.8. The molecule has 0 saturated carbocycles. The van der Waals surface area contributed by atoms with Crippen LogP contribution in [-0.2, 0) is 25.3 Å². The van der Waals surface area contributed by atoms with Crippen LogP contribution in [0.25, 0.3) is 11.0 Å². The Balaban J connectivity index is 0.000000553. The maximum absolute atomic E-state index is 12.8. The first-order valence-electron chi connectivity index (χ1n) is 12.6. The lowest BCUT2D eigenvalue weighted by molar-refractivity contribution is 0.00633. The summed E-state index contributed by atoms with van der Waals surface area (Å²) in [6.07, 6.45) is -1.70. The Bertz CT molecular complexity index is 1390. The number of hydrazine groups is 1. The number of ether oxygens (including phenoxy) is 3. The van der Waals surface area contributed by atoms with Crippen LogP contribution >= 0.6 is 0 Å². The molecular weight excluding hydrogens is 552 g/mol. The predicted octanol–water partition coefficient (Wildman–Crippen LogP) is 5.62. The highest BCUT2D eigenvalue weighted by atomic mass is 32.2. The van der Waals surface area contributed by atoms with E-state index in [0.717, 1.165) is 5.01 Å². The highest BCUT2D eigenvalue weighted by Gasteiger charge is 2.29. The van der Waals surface area contributed by atoms with Crippen molar-refractivity contribution >= 4 is 46.1 Å². The lowest BCUT2D eigenvalue weighted by atomic mass is 10.2. The molecule has 2 heterocycles. The zero-order chi connectivity index (χ0) is 31.2. The van der Waals surface area contributed by atoms with Crippen molar-refractivity contribution < 1.29 is 37.4 Å². The molecule has 0 radical (unpaired) electrons. The number of fused-ring (bicyclic) bond motifs is 1. The summed E-state index contributed by atoms with van der Waals surface area (Å²) in [6.45, 7) is 15.5. The number of amides is 2. The van der Waals surface area contributed by atoms with Crippen LogP contribution in [0, 0.1) is 0 Å². The van der Waals surface area contributed by atoms with Gasteiger partial charge in [-0.25, -0.2) is 24.8 Å². The predicted molar refractivity (Wildman–Crippen MR) is 153 cm³/mol. The third-order valence-corrected chi connectivity index (χ3v) is 5.08. The molecule has 13 heteroatoms. The normalized spacial score (nSPS) is 12.4. The van der Waals surface area contributed by atoms with Crippen molar-refractivity contribution in [3.8, 4) is 0 Å². The summed E-state index contributed by atoms with van der Waals surface area (Å²) in [5.41, 5.74) is 1.28. The minimum atomic E-state index is -2.08. The second-order valence-electron chi connectivity index (χ2n) is 11.8. The molecule has 1 atom stereocenters. The van der Waals surface area contributed by atoms with Gasteiger partial charge in [-0.05, 0) is 104 Å². The number of carbonyl (C=O) groups is 3. The molecule has 224 valence electrons. The third kappa shape index (κ3) is 11.6. The van der Waals surface area contributed by atoms with Crippen LogP contribution in [0.15, 0.2) is 53.4 Å². The van der Waals surface area contributed by atoms with E-state index in [1.807, 2.05) is 0 Å². The van der Waals surface area contributed by atoms with Crippen molar-refractivity contribution in [3.05, 3.63) is 54.2 Å². The average Bonchev–Trinajstić information content (AvgIpc) is 3.24. The molecule has 1 unspecified atom stereocenters. The minimum absolute atomic E-state index is 0.0762. The Labute approximate surface area is 242 Å². The number of nitrogens with one attached hydrogen (secondary N) is 2. The lowest BCUT2D eigenvalue weighted by Gasteiger charge is -2.28. The van der Waals surface area contributed by atoms with Gasteiger partial charge < -0.3 is 23.7 Å². The molecule has 0 saturated heterocycles. The Hall–Kier alpha value is -3.97. The van der Waals surface area contributed by atoms with Crippen molar-refractivity contribution in [2.45, 2.75) is 84.0 Å². The molecule has 1 aromatic carbocycles. The zero-order valence-electron chi connectivity index (χ0n) is 24.7. The summed E-state index contributed by atoms with van der Waals surface area (Å²) in [5.74, 6) is -0.458. The van der Waals surface area contributed by atoms with Crippen LogP contribution in [-0.4, -0.2) is 53.7 Å². The number of aromatic nitrogens is 2. The number of nitrogens with zero attached hydrogens (tertiary/aromatic N) is 2. The van der Waals surface area contributed by atoms with E-state index < -0.39 is 46.0 Å². The van der Waals surface area contributed by atoms with Crippen LogP contribution in [0.5, 0.6) is 0 Å². The second kappa shape index (κ2) is 13.1. The van der Waals surface area contributed by atoms with E-state index >= 15 is 0 Å². The van der Waals surface area contributed by atoms with Gasteiger partial charge in [0, 0.05) is 4.90 Å². The van der Waals surface area contributed by atoms with Gasteiger partial charge in [-0.15, -0.1) is 0 Å². The smallest absolute Gasteiger partial charge is 0.435 e. The molecule has 0 bridgehead atoms. The molecule has 41 heavy (non-hydrogen) atoms. The molecule has 3 aromatic rings. The Morgan fingerprint density at radius 3 is 1.90 bits per heavy atom. The monoisotopic (exact) mass is 589 g/mol. The molecule has 0 aliphatic rings. The molecule has 2 N–H and O–H groups in total. The van der Waals surface area contributed by atoms with E-state index in [1.54, 1.807) is 98.7 Å². The summed E-state index contributed by atoms with van der Waals surface area (Å²) >= 11 is -2.08. The van der Waals surface area contributed by atoms with Crippen LogP contribution < -0.4 is 10.4 Å². The molecule has 2 amide bonds. The van der Waals surface area contributed by atoms with Gasteiger partial charge in [-0.2, -0.15) is 5.01 Å². The molecule has 3 rings (SSSR count). The summed E-state index contributed by atoms with van der Waals surface area (Å²) in [5, 5.41) is 0.860. The molecule has 0 fully saturated rings. The van der Waals surface area contributed by atoms with Crippen molar-refractivity contribution in [1.82, 2.24) is 15.4 Å². The van der Waals surface area contributed by atoms with Gasteiger partial charge in [-0.1, -0.05) is 18.2 Å². The SMILES string of the molecule is CC(C)(C)OC(=O)NN(C(=O)OC(C)(C)C)c1ccc2[nH]c(C(=O)OC(C)(C)C)cc2n1.O=S([O-])c1ccccc1. The number of aromatic amines is 1. The molecule has 0 aliphatic heterocycles. The summed E-state index contributed by atoms with van der Waals surface area (Å²) in [4.78, 5) is 45.1. The lowest BCUT2D eigenvalue weighted by Crippen LogP contribution is -2.50. The van der Waals surface area contributed by atoms with E-state index in [0.29, 0.717) is 15.9 Å². The Morgan fingerprint density at radius 1 is 0.854 bits per heavy atom. The number of benzene rings is 1. The number of hydrogen-bond donors (Lipinski definition) is 2. The zero-order valence-corrected chi connectivity index (χ0v) is 25.5. The van der Waals surface area contributed by atoms with Gasteiger partial charge in [0.1, 0.15) is 22.5 Å². The van der Waals surface area contributed by atoms with Gasteiger partial charge in [0.15, 0.2) is 5.82 Å². The topological polar surface area (TPSA) is 163 Å². The first-order valence-corrected chi connectivity index (χ1v) is 13.7. The molecule has 12 nitrogen and oxygen atoms in total. The fraction of sp³-hybridized carbons (Fsp3) is 0.429. The van der Waals surface area contributed by atoms with Crippen molar-refractivity contribution in [1.29, 1.82) is 0 Å². The van der Waals surface area contributed by atoms with Crippen LogP contribution in [0.2, 0.25) is 0 Å². The summed E-state index contributed by atoms with van der Waals surface area (Å²) in [7, 11) is 0. The second-order valence-corrected chi connectivity index (χ2v) is 12.7. The van der Waals surface area contributed by atoms with E-state index in [2.05, 4.69) is 15.4 Å². The molecular formula is C28H37N4O8S-. The van der Waals surface area contributed by atoms with E-state index in [9.17, 15) is 23.1 Å². The van der Waals surface area contributed by atoms with Crippen molar-refractivity contribution in [2.75, 3.05) is 5.01 Å². The standard InChI is InChI=1S/C22H32N4O6.C6H6O2S/c1-20(2,3)30-17(27)15-12-14-13(23-15)10-11-16(24-14)26(19(29)32-22(7,8)9)25-18(28)31-21(4,5)6;7-9(8)6-4-2-1-3-5-6/h10-12,23H,1-9H3,(H,25,28);1-5H,(H,7,8)/p-1. The summed E-state index contributed by atoms with van der Waals surface area (Å²) in [6, 6.07) is 12.9. The molecule has 0 aliphatic carbocycles. The van der Waals surface area contributed by atoms with E-state index in [-0.39, 0.29) is 11.5 Å². The van der Waals surface area contributed by atoms with Gasteiger partial charge in [0.2, 0.25) is 0 Å². The van der Waals surface area contributed by atoms with Gasteiger partial charge in [-0.3, -0.25) is 4.21 Å². The largest absolute Gasteiger partial charge is 0.768 e. The third-order valence-electron chi connectivity index (χ3n) is 4.42. The molecule has 2 aromatic heterocycles. The van der Waals surface area contributed by atoms with E-state index in [4.69, 9.17) is 14.2 Å². The average molecular weight is 590 g/mol. The number of anilines is 1. The van der Waals surface area contributed by atoms with Crippen LogP contribution in [0.3, 0.4) is 0 Å². The number of pyridine rings is 1. The quantitative estimate of drug-likeness (QED) is 0.171. The molecule has 0 spiro atoms. The van der Waals surface area contributed by atoms with Crippen molar-refractivity contribution in [3.63, 3.8) is 0 Å². The van der Waals surface area contributed by atoms with Gasteiger partial charge in [0.25, 0.3) is 0 Å². The number of esters is 1. The fourth-order valence-corrected chi connectivity index (χ4v) is 3.37. The highest BCUT2D eigenvalue weighted by molar-refractivity contribution is 7.79. The van der Waals surface area contributed by atoms with Gasteiger partial charge >= 0.3 is 18.2 Å². The number of hydrogen-bond acceptors (Lipinski definition) is 9. The Morgan fingerprint density at radius 2 is 1.41 bits per heavy atom. The fourth-order valence-electron chi connectivity index (χ4n) is 2.99.